The molecule has 0 amide bonds. The zero-order chi connectivity index (χ0) is 13.0. The highest BCUT2D eigenvalue weighted by Gasteiger charge is 2.30. The van der Waals surface area contributed by atoms with Crippen LogP contribution in [0.2, 0.25) is 0 Å². The van der Waals surface area contributed by atoms with E-state index in [2.05, 4.69) is 0 Å². The summed E-state index contributed by atoms with van der Waals surface area (Å²) in [6.07, 6.45) is 0.733. The number of nitrogens with zero attached hydrogens (tertiary/aromatic N) is 1. The average molecular weight is 345 g/mol. The predicted molar refractivity (Wildman–Crippen MR) is 73.1 cm³/mol. The highest BCUT2D eigenvalue weighted by atomic mass is 79.9. The molecule has 1 unspecified atom stereocenters. The first-order valence-electron chi connectivity index (χ1n) is 6.00. The summed E-state index contributed by atoms with van der Waals surface area (Å²) in [6, 6.07) is 9.92. The number of ether oxygens (including phenoxy) is 1. The SMILES string of the molecule is CC[N+](=C(N)SC1CCOC1=O)c1ccccc1.[Br-]. The Bertz CT molecular complexity index is 465. The molecule has 0 aliphatic carbocycles. The second kappa shape index (κ2) is 7.55. The molecule has 104 valence electrons. The third-order valence-corrected chi connectivity index (χ3v) is 3.97. The standard InChI is InChI=1S/C13H16N2O2S.BrH/c1-2-15(10-6-4-3-5-7-10)13(14)18-11-8-9-17-12(11)16;/h3-7,11,14H,2,8-9H2,1H3;1H. The lowest BCUT2D eigenvalue weighted by molar-refractivity contribution is -0.434. The molecule has 1 aliphatic heterocycles. The first-order valence-corrected chi connectivity index (χ1v) is 6.88. The van der Waals surface area contributed by atoms with Gasteiger partial charge in [-0.1, -0.05) is 18.2 Å². The van der Waals surface area contributed by atoms with Gasteiger partial charge in [0, 0.05) is 6.42 Å². The minimum absolute atomic E-state index is 0. The number of carbonyl (C=O) groups excluding carboxylic acids is 1. The Morgan fingerprint density at radius 3 is 2.68 bits per heavy atom. The van der Waals surface area contributed by atoms with Gasteiger partial charge in [0.05, 0.1) is 13.2 Å². The van der Waals surface area contributed by atoms with Crippen molar-refractivity contribution in [3.05, 3.63) is 30.3 Å². The maximum Gasteiger partial charge on any atom is 0.319 e. The Morgan fingerprint density at radius 1 is 1.47 bits per heavy atom. The lowest BCUT2D eigenvalue weighted by atomic mass is 10.3. The van der Waals surface area contributed by atoms with E-state index in [4.69, 9.17) is 10.5 Å². The van der Waals surface area contributed by atoms with Gasteiger partial charge in [-0.3, -0.25) is 10.5 Å². The van der Waals surface area contributed by atoms with Crippen molar-refractivity contribution >= 4 is 28.6 Å². The summed E-state index contributed by atoms with van der Waals surface area (Å²) < 4.78 is 6.93. The normalized spacial score (nSPS) is 19.4. The van der Waals surface area contributed by atoms with E-state index in [-0.39, 0.29) is 28.2 Å². The molecule has 2 N–H and O–H groups in total. The van der Waals surface area contributed by atoms with Crippen LogP contribution in [0.25, 0.3) is 0 Å². The van der Waals surface area contributed by atoms with Crippen molar-refractivity contribution < 1.29 is 31.1 Å². The molecule has 19 heavy (non-hydrogen) atoms. The minimum Gasteiger partial charge on any atom is -1.00 e. The Morgan fingerprint density at radius 2 is 2.16 bits per heavy atom. The zero-order valence-electron chi connectivity index (χ0n) is 10.7. The van der Waals surface area contributed by atoms with Crippen LogP contribution in [0.4, 0.5) is 5.69 Å². The monoisotopic (exact) mass is 344 g/mol. The Balaban J connectivity index is 0.00000180. The van der Waals surface area contributed by atoms with Crippen molar-refractivity contribution in [3.63, 3.8) is 0 Å². The molecular formula is C13H17BrN2O2S. The van der Waals surface area contributed by atoms with Gasteiger partial charge in [0.1, 0.15) is 10.9 Å². The summed E-state index contributed by atoms with van der Waals surface area (Å²) >= 11 is 1.39. The van der Waals surface area contributed by atoms with Crippen molar-refractivity contribution in [2.45, 2.75) is 18.6 Å². The number of hydrogen-bond acceptors (Lipinski definition) is 3. The van der Waals surface area contributed by atoms with Crippen LogP contribution in [-0.2, 0) is 9.53 Å². The number of esters is 1. The van der Waals surface area contributed by atoms with Crippen LogP contribution >= 0.6 is 11.8 Å². The highest BCUT2D eigenvalue weighted by molar-refractivity contribution is 8.14. The number of nitrogens with two attached hydrogens (primary N) is 1. The summed E-state index contributed by atoms with van der Waals surface area (Å²) in [7, 11) is 0. The molecule has 2 rings (SSSR count). The van der Waals surface area contributed by atoms with Gasteiger partial charge in [-0.2, -0.15) is 0 Å². The molecule has 0 bridgehead atoms. The van der Waals surface area contributed by atoms with E-state index < -0.39 is 0 Å². The van der Waals surface area contributed by atoms with Crippen LogP contribution < -0.4 is 22.7 Å². The second-order valence-corrected chi connectivity index (χ2v) is 5.20. The van der Waals surface area contributed by atoms with Gasteiger partial charge in [-0.25, -0.2) is 4.58 Å². The van der Waals surface area contributed by atoms with Crippen LogP contribution in [0.1, 0.15) is 13.3 Å². The summed E-state index contributed by atoms with van der Waals surface area (Å²) in [5.41, 5.74) is 7.14. The molecule has 4 nitrogen and oxygen atoms in total. The lowest BCUT2D eigenvalue weighted by Crippen LogP contribution is -3.00. The fourth-order valence-corrected chi connectivity index (χ4v) is 2.90. The maximum atomic E-state index is 11.4. The zero-order valence-corrected chi connectivity index (χ0v) is 13.1. The van der Waals surface area contributed by atoms with E-state index in [0.717, 1.165) is 18.7 Å². The lowest BCUT2D eigenvalue weighted by Gasteiger charge is -2.08. The van der Waals surface area contributed by atoms with E-state index in [1.165, 1.54) is 11.8 Å². The average Bonchev–Trinajstić information content (AvgIpc) is 2.77. The first-order chi connectivity index (χ1) is 8.72. The molecule has 0 radical (unpaired) electrons. The highest BCUT2D eigenvalue weighted by Crippen LogP contribution is 2.23. The largest absolute Gasteiger partial charge is 1.00 e. The van der Waals surface area contributed by atoms with Crippen LogP contribution in [0.15, 0.2) is 30.3 Å². The predicted octanol–water partition coefficient (Wildman–Crippen LogP) is -1.28. The van der Waals surface area contributed by atoms with E-state index >= 15 is 0 Å². The number of rotatable bonds is 3. The van der Waals surface area contributed by atoms with Gasteiger partial charge in [-0.15, -0.1) is 0 Å². The van der Waals surface area contributed by atoms with Crippen LogP contribution in [-0.4, -0.2) is 34.1 Å². The summed E-state index contributed by atoms with van der Waals surface area (Å²) in [5, 5.41) is 0.482. The molecule has 0 aromatic heterocycles. The molecule has 1 saturated heterocycles. The number of hydrogen-bond donors (Lipinski definition) is 1. The van der Waals surface area contributed by atoms with Crippen molar-refractivity contribution in [2.24, 2.45) is 5.73 Å². The molecule has 6 heteroatoms. The Labute approximate surface area is 127 Å². The van der Waals surface area contributed by atoms with Crippen LogP contribution in [0.5, 0.6) is 0 Å². The van der Waals surface area contributed by atoms with E-state index in [1.54, 1.807) is 0 Å². The molecule has 1 atom stereocenters. The van der Waals surface area contributed by atoms with Gasteiger partial charge in [-0.05, 0) is 30.8 Å². The van der Waals surface area contributed by atoms with Gasteiger partial charge in [0.2, 0.25) is 0 Å². The summed E-state index contributed by atoms with van der Waals surface area (Å²) in [5.74, 6) is -0.160. The molecule has 1 heterocycles. The number of carbonyl (C=O) groups is 1. The van der Waals surface area contributed by atoms with E-state index in [9.17, 15) is 4.79 Å². The van der Waals surface area contributed by atoms with Gasteiger partial charge >= 0.3 is 11.1 Å². The van der Waals surface area contributed by atoms with Crippen molar-refractivity contribution in [1.29, 1.82) is 0 Å². The Kier molecular flexibility index (Phi) is 6.37. The fraction of sp³-hybridized carbons (Fsp3) is 0.385. The summed E-state index contributed by atoms with van der Waals surface area (Å²) in [6.45, 7) is 3.30. The van der Waals surface area contributed by atoms with Crippen molar-refractivity contribution in [2.75, 3.05) is 13.2 Å². The molecular weight excluding hydrogens is 328 g/mol. The third kappa shape index (κ3) is 3.98. The quantitative estimate of drug-likeness (QED) is 0.321. The minimum atomic E-state index is -0.164. The molecule has 0 spiro atoms. The second-order valence-electron chi connectivity index (χ2n) is 3.98. The van der Waals surface area contributed by atoms with Gasteiger partial charge in [0.15, 0.2) is 0 Å². The maximum absolute atomic E-state index is 11.4. The molecule has 1 aliphatic rings. The number of cyclic esters (lactones) is 1. The molecule has 1 fully saturated rings. The first kappa shape index (κ1) is 16.0. The number of amidine groups is 1. The van der Waals surface area contributed by atoms with Crippen LogP contribution in [0.3, 0.4) is 0 Å². The molecule has 1 aromatic rings. The third-order valence-electron chi connectivity index (χ3n) is 2.80. The topological polar surface area (TPSA) is 55.3 Å². The Hall–Kier alpha value is -1.01. The molecule has 1 aromatic carbocycles. The van der Waals surface area contributed by atoms with E-state index in [0.29, 0.717) is 11.8 Å². The number of halogens is 1. The van der Waals surface area contributed by atoms with Gasteiger partial charge in [0.25, 0.3) is 0 Å². The van der Waals surface area contributed by atoms with Crippen molar-refractivity contribution in [3.8, 4) is 0 Å². The molecule has 0 saturated carbocycles. The van der Waals surface area contributed by atoms with Crippen molar-refractivity contribution in [1.82, 2.24) is 0 Å². The number of benzene rings is 1. The van der Waals surface area contributed by atoms with E-state index in [1.807, 2.05) is 41.8 Å². The van der Waals surface area contributed by atoms with Gasteiger partial charge < -0.3 is 21.7 Å². The smallest absolute Gasteiger partial charge is 0.319 e. The number of thioether (sulfide) groups is 1. The fourth-order valence-electron chi connectivity index (χ4n) is 1.87. The van der Waals surface area contributed by atoms with Crippen LogP contribution in [0, 0.1) is 0 Å². The number of para-hydroxylation sites is 1. The summed E-state index contributed by atoms with van der Waals surface area (Å²) in [4.78, 5) is 11.4.